The topological polar surface area (TPSA) is 64.3 Å². The zero-order valence-electron chi connectivity index (χ0n) is 12.4. The summed E-state index contributed by atoms with van der Waals surface area (Å²) in [6.07, 6.45) is 2.69. The van der Waals surface area contributed by atoms with Crippen LogP contribution in [0.15, 0.2) is 21.1 Å². The zero-order chi connectivity index (χ0) is 15.8. The van der Waals surface area contributed by atoms with Gasteiger partial charge in [-0.25, -0.2) is 0 Å². The van der Waals surface area contributed by atoms with E-state index in [4.69, 9.17) is 10.5 Å². The van der Waals surface area contributed by atoms with Crippen molar-refractivity contribution in [2.24, 2.45) is 5.73 Å². The molecule has 1 rings (SSSR count). The van der Waals surface area contributed by atoms with Gasteiger partial charge in [0.1, 0.15) is 5.75 Å². The van der Waals surface area contributed by atoms with Crippen LogP contribution in [0.25, 0.3) is 0 Å². The largest absolute Gasteiger partial charge is 0.479 e. The van der Waals surface area contributed by atoms with Gasteiger partial charge in [-0.15, -0.1) is 0 Å². The van der Waals surface area contributed by atoms with Crippen LogP contribution in [0.2, 0.25) is 0 Å². The van der Waals surface area contributed by atoms with Gasteiger partial charge >= 0.3 is 0 Å². The van der Waals surface area contributed by atoms with E-state index in [0.29, 0.717) is 18.8 Å². The number of ether oxygens (including phenoxy) is 1. The fraction of sp³-hybridized carbons (Fsp3) is 0.533. The Labute approximate surface area is 143 Å². The van der Waals surface area contributed by atoms with E-state index in [9.17, 15) is 4.79 Å². The molecule has 1 amide bonds. The van der Waals surface area contributed by atoms with E-state index >= 15 is 0 Å². The monoisotopic (exact) mass is 420 g/mol. The van der Waals surface area contributed by atoms with Crippen LogP contribution >= 0.6 is 31.9 Å². The minimum atomic E-state index is -0.553. The number of benzene rings is 1. The van der Waals surface area contributed by atoms with Gasteiger partial charge in [0.05, 0.1) is 8.95 Å². The predicted octanol–water partition coefficient (Wildman–Crippen LogP) is 3.74. The van der Waals surface area contributed by atoms with Gasteiger partial charge < -0.3 is 15.8 Å². The lowest BCUT2D eigenvalue weighted by Gasteiger charge is -2.17. The van der Waals surface area contributed by atoms with Crippen molar-refractivity contribution in [1.29, 1.82) is 0 Å². The zero-order valence-corrected chi connectivity index (χ0v) is 15.6. The second-order valence-corrected chi connectivity index (χ2v) is 6.56. The van der Waals surface area contributed by atoms with Gasteiger partial charge in [0.25, 0.3) is 5.91 Å². The molecule has 0 spiro atoms. The molecule has 0 aliphatic rings. The summed E-state index contributed by atoms with van der Waals surface area (Å²) < 4.78 is 7.31. The molecule has 0 radical (unpaired) electrons. The molecule has 1 unspecified atom stereocenters. The molecule has 0 aromatic heterocycles. The van der Waals surface area contributed by atoms with E-state index in [1.807, 2.05) is 12.1 Å². The number of rotatable bonds is 8. The number of unbranched alkanes of at least 4 members (excludes halogenated alkanes) is 2. The highest BCUT2D eigenvalue weighted by Crippen LogP contribution is 2.35. The van der Waals surface area contributed by atoms with Crippen LogP contribution < -0.4 is 15.8 Å². The first kappa shape index (κ1) is 18.5. The third-order valence-corrected chi connectivity index (χ3v) is 4.22. The van der Waals surface area contributed by atoms with E-state index in [2.05, 4.69) is 44.1 Å². The highest BCUT2D eigenvalue weighted by molar-refractivity contribution is 9.11. The number of nitrogens with two attached hydrogens (primary N) is 1. The first-order valence-electron chi connectivity index (χ1n) is 7.12. The summed E-state index contributed by atoms with van der Waals surface area (Å²) in [6, 6.07) is 3.79. The van der Waals surface area contributed by atoms with Crippen LogP contribution in [0.5, 0.6) is 5.75 Å². The van der Waals surface area contributed by atoms with Crippen molar-refractivity contribution in [2.45, 2.75) is 45.8 Å². The van der Waals surface area contributed by atoms with E-state index in [0.717, 1.165) is 33.8 Å². The number of carbonyl (C=O) groups excluding carboxylic acids is 1. The summed E-state index contributed by atoms with van der Waals surface area (Å²) in [5.74, 6) is 0.510. The molecule has 1 atom stereocenters. The second-order valence-electron chi connectivity index (χ2n) is 4.85. The van der Waals surface area contributed by atoms with Crippen molar-refractivity contribution in [3.8, 4) is 5.75 Å². The fourth-order valence-corrected chi connectivity index (χ4v) is 3.27. The number of hydrogen-bond acceptors (Lipinski definition) is 3. The third kappa shape index (κ3) is 5.96. The average molecular weight is 422 g/mol. The van der Waals surface area contributed by atoms with Crippen LogP contribution in [-0.2, 0) is 11.3 Å². The molecule has 3 N–H and O–H groups in total. The maximum absolute atomic E-state index is 12.0. The normalized spacial score (nSPS) is 12.0. The Bertz CT molecular complexity index is 458. The molecule has 1 aromatic rings. The maximum atomic E-state index is 12.0. The molecular weight excluding hydrogens is 400 g/mol. The quantitative estimate of drug-likeness (QED) is 0.628. The summed E-state index contributed by atoms with van der Waals surface area (Å²) in [5, 5.41) is 2.88. The van der Waals surface area contributed by atoms with E-state index < -0.39 is 6.10 Å². The molecule has 0 heterocycles. The lowest BCUT2D eigenvalue weighted by Crippen LogP contribution is -2.36. The Morgan fingerprint density at radius 3 is 2.48 bits per heavy atom. The van der Waals surface area contributed by atoms with E-state index in [1.165, 1.54) is 0 Å². The maximum Gasteiger partial charge on any atom is 0.260 e. The molecule has 0 aliphatic carbocycles. The Balaban J connectivity index is 2.62. The molecule has 0 fully saturated rings. The van der Waals surface area contributed by atoms with Crippen LogP contribution in [0.3, 0.4) is 0 Å². The van der Waals surface area contributed by atoms with Crippen LogP contribution in [-0.4, -0.2) is 18.6 Å². The first-order valence-corrected chi connectivity index (χ1v) is 8.70. The van der Waals surface area contributed by atoms with Crippen LogP contribution in [0.4, 0.5) is 0 Å². The smallest absolute Gasteiger partial charge is 0.260 e. The molecule has 0 saturated carbocycles. The second kappa shape index (κ2) is 9.43. The van der Waals surface area contributed by atoms with Gasteiger partial charge in [-0.3, -0.25) is 4.79 Å². The first-order chi connectivity index (χ1) is 9.99. The number of nitrogens with one attached hydrogen (secondary N) is 1. The van der Waals surface area contributed by atoms with Crippen molar-refractivity contribution >= 4 is 37.8 Å². The molecule has 0 bridgehead atoms. The standard InChI is InChI=1S/C15H22Br2N2O2/c1-3-4-5-6-19-15(20)10(2)21-14-12(16)7-11(9-18)8-13(14)17/h7-8,10H,3-6,9,18H2,1-2H3,(H,19,20). The van der Waals surface area contributed by atoms with Gasteiger partial charge in [-0.2, -0.15) is 0 Å². The van der Waals surface area contributed by atoms with Crippen LogP contribution in [0, 0.1) is 0 Å². The minimum Gasteiger partial charge on any atom is -0.479 e. The lowest BCUT2D eigenvalue weighted by molar-refractivity contribution is -0.127. The lowest BCUT2D eigenvalue weighted by atomic mass is 10.2. The number of amides is 1. The van der Waals surface area contributed by atoms with E-state index in [1.54, 1.807) is 6.92 Å². The molecule has 0 saturated heterocycles. The van der Waals surface area contributed by atoms with Crippen molar-refractivity contribution in [1.82, 2.24) is 5.32 Å². The molecule has 21 heavy (non-hydrogen) atoms. The molecule has 118 valence electrons. The molecule has 0 aliphatic heterocycles. The number of hydrogen-bond donors (Lipinski definition) is 2. The van der Waals surface area contributed by atoms with Crippen molar-refractivity contribution in [3.05, 3.63) is 26.6 Å². The molecule has 6 heteroatoms. The number of carbonyl (C=O) groups is 1. The van der Waals surface area contributed by atoms with Gasteiger partial charge in [0.15, 0.2) is 6.10 Å². The predicted molar refractivity (Wildman–Crippen MR) is 92.4 cm³/mol. The number of halogens is 2. The SMILES string of the molecule is CCCCCNC(=O)C(C)Oc1c(Br)cc(CN)cc1Br. The van der Waals surface area contributed by atoms with E-state index in [-0.39, 0.29) is 5.91 Å². The molecule has 4 nitrogen and oxygen atoms in total. The van der Waals surface area contributed by atoms with Gasteiger partial charge in [-0.05, 0) is 62.9 Å². The highest BCUT2D eigenvalue weighted by atomic mass is 79.9. The summed E-state index contributed by atoms with van der Waals surface area (Å²) in [7, 11) is 0. The van der Waals surface area contributed by atoms with Crippen LogP contribution in [0.1, 0.15) is 38.7 Å². The Morgan fingerprint density at radius 2 is 1.95 bits per heavy atom. The Morgan fingerprint density at radius 1 is 1.33 bits per heavy atom. The van der Waals surface area contributed by atoms with Crippen molar-refractivity contribution in [3.63, 3.8) is 0 Å². The Hall–Kier alpha value is -0.590. The fourth-order valence-electron chi connectivity index (χ4n) is 1.80. The van der Waals surface area contributed by atoms with Gasteiger partial charge in [0, 0.05) is 13.1 Å². The van der Waals surface area contributed by atoms with Gasteiger partial charge in [0.2, 0.25) is 0 Å². The van der Waals surface area contributed by atoms with Crippen molar-refractivity contribution in [2.75, 3.05) is 6.54 Å². The Kier molecular flexibility index (Phi) is 8.29. The summed E-state index contributed by atoms with van der Waals surface area (Å²) >= 11 is 6.89. The summed E-state index contributed by atoms with van der Waals surface area (Å²) in [4.78, 5) is 12.0. The average Bonchev–Trinajstić information content (AvgIpc) is 2.46. The minimum absolute atomic E-state index is 0.104. The molecule has 1 aromatic carbocycles. The summed E-state index contributed by atoms with van der Waals surface area (Å²) in [6.45, 7) is 5.01. The van der Waals surface area contributed by atoms with Gasteiger partial charge in [-0.1, -0.05) is 19.8 Å². The highest BCUT2D eigenvalue weighted by Gasteiger charge is 2.17. The third-order valence-electron chi connectivity index (χ3n) is 3.04. The van der Waals surface area contributed by atoms with Crippen molar-refractivity contribution < 1.29 is 9.53 Å². The molecular formula is C15H22Br2N2O2. The summed E-state index contributed by atoms with van der Waals surface area (Å²) in [5.41, 5.74) is 6.60.